The number of sulfone groups is 1. The van der Waals surface area contributed by atoms with Gasteiger partial charge in [0.05, 0.1) is 29.1 Å². The zero-order valence-electron chi connectivity index (χ0n) is 10.5. The van der Waals surface area contributed by atoms with Gasteiger partial charge in [0.15, 0.2) is 9.84 Å². The van der Waals surface area contributed by atoms with Crippen LogP contribution in [-0.4, -0.2) is 38.0 Å². The van der Waals surface area contributed by atoms with Crippen LogP contribution in [0.25, 0.3) is 0 Å². The van der Waals surface area contributed by atoms with E-state index in [4.69, 9.17) is 5.73 Å². The number of aromatic nitrogens is 1. The highest BCUT2D eigenvalue weighted by atomic mass is 32.2. The van der Waals surface area contributed by atoms with Gasteiger partial charge in [0.1, 0.15) is 0 Å². The maximum atomic E-state index is 11.5. The molecule has 1 aliphatic heterocycles. The summed E-state index contributed by atoms with van der Waals surface area (Å²) in [6.45, 7) is 3.19. The normalized spacial score (nSPS) is 21.3. The Morgan fingerprint density at radius 3 is 2.72 bits per heavy atom. The smallest absolute Gasteiger partial charge is 0.152 e. The Balaban J connectivity index is 2.12. The van der Waals surface area contributed by atoms with Gasteiger partial charge in [-0.05, 0) is 25.5 Å². The van der Waals surface area contributed by atoms with Crippen molar-refractivity contribution in [1.82, 2.24) is 4.98 Å². The number of pyridine rings is 1. The van der Waals surface area contributed by atoms with Crippen LogP contribution in [0.2, 0.25) is 0 Å². The molecule has 1 aliphatic rings. The van der Waals surface area contributed by atoms with Gasteiger partial charge in [0.25, 0.3) is 0 Å². The minimum absolute atomic E-state index is 0.0800. The Hall–Kier alpha value is -1.14. The lowest BCUT2D eigenvalue weighted by Crippen LogP contribution is -2.26. The molecule has 0 spiro atoms. The summed E-state index contributed by atoms with van der Waals surface area (Å²) in [5.74, 6) is 0.511. The summed E-state index contributed by atoms with van der Waals surface area (Å²) in [5.41, 5.74) is 7.56. The van der Waals surface area contributed by atoms with Crippen molar-refractivity contribution in [2.75, 3.05) is 29.5 Å². The molecule has 1 saturated heterocycles. The van der Waals surface area contributed by atoms with Gasteiger partial charge >= 0.3 is 0 Å². The number of hydrogen-bond acceptors (Lipinski definition) is 5. The van der Waals surface area contributed by atoms with Crippen molar-refractivity contribution < 1.29 is 8.42 Å². The van der Waals surface area contributed by atoms with Gasteiger partial charge in [-0.25, -0.2) is 8.42 Å². The highest BCUT2D eigenvalue weighted by Crippen LogP contribution is 2.18. The van der Waals surface area contributed by atoms with E-state index in [9.17, 15) is 8.42 Å². The molecule has 1 aromatic rings. The van der Waals surface area contributed by atoms with Crippen molar-refractivity contribution >= 4 is 15.5 Å². The fourth-order valence-electron chi connectivity index (χ4n) is 2.05. The molecular weight excluding hydrogens is 250 g/mol. The molecule has 0 aliphatic carbocycles. The van der Waals surface area contributed by atoms with Gasteiger partial charge in [0.2, 0.25) is 0 Å². The molecule has 1 fully saturated rings. The summed E-state index contributed by atoms with van der Waals surface area (Å²) in [5, 5.41) is 0. The second kappa shape index (κ2) is 5.24. The second-order valence-electron chi connectivity index (χ2n) is 4.72. The van der Waals surface area contributed by atoms with Crippen LogP contribution in [0, 0.1) is 0 Å². The third-order valence-electron chi connectivity index (χ3n) is 3.16. The average Bonchev–Trinajstić information content (AvgIpc) is 2.50. The van der Waals surface area contributed by atoms with E-state index >= 15 is 0 Å². The van der Waals surface area contributed by atoms with Crippen molar-refractivity contribution in [3.63, 3.8) is 0 Å². The molecule has 1 atom stereocenters. The zero-order chi connectivity index (χ0) is 13.2. The third kappa shape index (κ3) is 3.20. The van der Waals surface area contributed by atoms with Gasteiger partial charge in [-0.2, -0.15) is 0 Å². The Bertz CT molecular complexity index is 497. The molecule has 2 heterocycles. The lowest BCUT2D eigenvalue weighted by Gasteiger charge is -2.22. The van der Waals surface area contributed by atoms with Gasteiger partial charge < -0.3 is 10.6 Å². The quantitative estimate of drug-likeness (QED) is 0.856. The predicted octanol–water partition coefficient (Wildman–Crippen LogP) is 0.726. The molecule has 6 heteroatoms. The Labute approximate surface area is 108 Å². The monoisotopic (exact) mass is 269 g/mol. The zero-order valence-corrected chi connectivity index (χ0v) is 11.4. The van der Waals surface area contributed by atoms with Crippen LogP contribution in [-0.2, 0) is 9.84 Å². The van der Waals surface area contributed by atoms with Crippen LogP contribution in [0.1, 0.15) is 25.1 Å². The molecule has 0 unspecified atom stereocenters. The molecule has 100 valence electrons. The van der Waals surface area contributed by atoms with Crippen LogP contribution in [0.3, 0.4) is 0 Å². The molecule has 18 heavy (non-hydrogen) atoms. The van der Waals surface area contributed by atoms with Gasteiger partial charge in [-0.15, -0.1) is 0 Å². The van der Waals surface area contributed by atoms with Gasteiger partial charge in [-0.1, -0.05) is 0 Å². The molecule has 0 aromatic carbocycles. The molecule has 0 saturated carbocycles. The fraction of sp³-hybridized carbons (Fsp3) is 0.583. The van der Waals surface area contributed by atoms with E-state index in [1.165, 1.54) is 0 Å². The molecule has 2 N–H and O–H groups in total. The topological polar surface area (TPSA) is 76.3 Å². The van der Waals surface area contributed by atoms with E-state index in [0.29, 0.717) is 13.0 Å². The van der Waals surface area contributed by atoms with Crippen LogP contribution in [0.4, 0.5) is 5.69 Å². The van der Waals surface area contributed by atoms with Crippen molar-refractivity contribution in [3.8, 4) is 0 Å². The van der Waals surface area contributed by atoms with Gasteiger partial charge in [-0.3, -0.25) is 4.98 Å². The second-order valence-corrected chi connectivity index (χ2v) is 7.03. The number of nitrogens with zero attached hydrogens (tertiary/aromatic N) is 2. The first kappa shape index (κ1) is 13.3. The van der Waals surface area contributed by atoms with Crippen molar-refractivity contribution in [1.29, 1.82) is 0 Å². The van der Waals surface area contributed by atoms with E-state index in [1.54, 1.807) is 6.20 Å². The summed E-state index contributed by atoms with van der Waals surface area (Å²) in [6, 6.07) is 3.78. The summed E-state index contributed by atoms with van der Waals surface area (Å²) < 4.78 is 23.1. The first-order valence-electron chi connectivity index (χ1n) is 6.15. The number of anilines is 1. The van der Waals surface area contributed by atoms with Crippen LogP contribution < -0.4 is 10.6 Å². The van der Waals surface area contributed by atoms with Crippen molar-refractivity contribution in [2.45, 2.75) is 19.4 Å². The maximum absolute atomic E-state index is 11.5. The van der Waals surface area contributed by atoms with Crippen molar-refractivity contribution in [3.05, 3.63) is 24.0 Å². The van der Waals surface area contributed by atoms with E-state index in [0.717, 1.165) is 17.9 Å². The van der Waals surface area contributed by atoms with E-state index < -0.39 is 9.84 Å². The molecule has 0 radical (unpaired) electrons. The minimum atomic E-state index is -2.86. The molecule has 0 amide bonds. The summed E-state index contributed by atoms with van der Waals surface area (Å²) >= 11 is 0. The largest absolute Gasteiger partial charge is 0.369 e. The first-order chi connectivity index (χ1) is 8.48. The van der Waals surface area contributed by atoms with E-state index in [1.807, 2.05) is 19.1 Å². The Morgan fingerprint density at radius 2 is 2.11 bits per heavy atom. The van der Waals surface area contributed by atoms with E-state index in [-0.39, 0.29) is 17.5 Å². The number of rotatable bonds is 2. The standard InChI is InChI=1S/C12H19N3O2S/c1-10(13)12-4-3-11(9-14-12)15-5-2-7-18(16,17)8-6-15/h3-4,9-10H,2,5-8,13H2,1H3/t10-/m1/s1. The van der Waals surface area contributed by atoms with Crippen LogP contribution in [0.15, 0.2) is 18.3 Å². The fourth-order valence-corrected chi connectivity index (χ4v) is 3.32. The van der Waals surface area contributed by atoms with Crippen molar-refractivity contribution in [2.24, 2.45) is 5.73 Å². The molecule has 0 bridgehead atoms. The minimum Gasteiger partial charge on any atom is -0.369 e. The number of hydrogen-bond donors (Lipinski definition) is 1. The third-order valence-corrected chi connectivity index (χ3v) is 4.87. The predicted molar refractivity (Wildman–Crippen MR) is 72.3 cm³/mol. The average molecular weight is 269 g/mol. The highest BCUT2D eigenvalue weighted by molar-refractivity contribution is 7.91. The lowest BCUT2D eigenvalue weighted by atomic mass is 10.2. The summed E-state index contributed by atoms with van der Waals surface area (Å²) in [7, 11) is -2.86. The van der Waals surface area contributed by atoms with Crippen LogP contribution >= 0.6 is 0 Å². The molecule has 1 aromatic heterocycles. The SMILES string of the molecule is C[C@@H](N)c1ccc(N2CCCS(=O)(=O)CC2)cn1. The highest BCUT2D eigenvalue weighted by Gasteiger charge is 2.19. The first-order valence-corrected chi connectivity index (χ1v) is 7.97. The lowest BCUT2D eigenvalue weighted by molar-refractivity contribution is 0.597. The Kier molecular flexibility index (Phi) is 3.87. The molecule has 5 nitrogen and oxygen atoms in total. The number of nitrogens with two attached hydrogens (primary N) is 1. The maximum Gasteiger partial charge on any atom is 0.152 e. The van der Waals surface area contributed by atoms with Crippen LogP contribution in [0.5, 0.6) is 0 Å². The summed E-state index contributed by atoms with van der Waals surface area (Å²) in [6.07, 6.45) is 2.45. The Morgan fingerprint density at radius 1 is 1.33 bits per heavy atom. The molecular formula is C12H19N3O2S. The summed E-state index contributed by atoms with van der Waals surface area (Å²) in [4.78, 5) is 6.38. The van der Waals surface area contributed by atoms with Gasteiger partial charge in [0, 0.05) is 19.1 Å². The van der Waals surface area contributed by atoms with E-state index in [2.05, 4.69) is 9.88 Å². The molecule has 2 rings (SSSR count).